The van der Waals surface area contributed by atoms with Crippen LogP contribution in [-0.4, -0.2) is 14.9 Å². The van der Waals surface area contributed by atoms with Crippen molar-refractivity contribution in [1.29, 1.82) is 0 Å². The standard InChI is InChI=1S/C19H19BrN4S/c1-13-18(22-19(25)21-17-6-4-3-5-7-17)14(2)24(23-13)12-15-8-10-16(20)11-9-15/h3-11H,12H2,1-2H3,(H2,21,22,25). The van der Waals surface area contributed by atoms with Crippen molar-refractivity contribution in [1.82, 2.24) is 9.78 Å². The average Bonchev–Trinajstić information content (AvgIpc) is 2.85. The highest BCUT2D eigenvalue weighted by Gasteiger charge is 2.13. The van der Waals surface area contributed by atoms with Crippen LogP contribution in [0.1, 0.15) is 17.0 Å². The molecule has 0 spiro atoms. The predicted octanol–water partition coefficient (Wildman–Crippen LogP) is 5.12. The summed E-state index contributed by atoms with van der Waals surface area (Å²) in [4.78, 5) is 0. The molecule has 6 heteroatoms. The number of thiocarbonyl (C=S) groups is 1. The van der Waals surface area contributed by atoms with Gasteiger partial charge in [-0.1, -0.05) is 46.3 Å². The highest BCUT2D eigenvalue weighted by atomic mass is 79.9. The van der Waals surface area contributed by atoms with Crippen molar-refractivity contribution in [3.05, 3.63) is 76.0 Å². The SMILES string of the molecule is Cc1nn(Cc2ccc(Br)cc2)c(C)c1NC(=S)Nc1ccccc1. The van der Waals surface area contributed by atoms with Gasteiger partial charge in [0.2, 0.25) is 0 Å². The number of para-hydroxylation sites is 1. The molecule has 0 radical (unpaired) electrons. The van der Waals surface area contributed by atoms with Crippen LogP contribution in [0.2, 0.25) is 0 Å². The lowest BCUT2D eigenvalue weighted by Crippen LogP contribution is -2.19. The van der Waals surface area contributed by atoms with E-state index in [1.54, 1.807) is 0 Å². The molecule has 3 rings (SSSR count). The third kappa shape index (κ3) is 4.46. The van der Waals surface area contributed by atoms with Crippen molar-refractivity contribution in [2.75, 3.05) is 10.6 Å². The minimum absolute atomic E-state index is 0.556. The van der Waals surface area contributed by atoms with E-state index in [-0.39, 0.29) is 0 Å². The van der Waals surface area contributed by atoms with Gasteiger partial charge in [-0.2, -0.15) is 5.10 Å². The normalized spacial score (nSPS) is 10.5. The van der Waals surface area contributed by atoms with E-state index in [1.165, 1.54) is 5.56 Å². The predicted molar refractivity (Wildman–Crippen MR) is 111 cm³/mol. The molecule has 0 amide bonds. The van der Waals surface area contributed by atoms with Gasteiger partial charge in [-0.05, 0) is 55.9 Å². The molecule has 0 saturated heterocycles. The van der Waals surface area contributed by atoms with Crippen molar-refractivity contribution in [3.8, 4) is 0 Å². The maximum absolute atomic E-state index is 5.43. The highest BCUT2D eigenvalue weighted by molar-refractivity contribution is 9.10. The van der Waals surface area contributed by atoms with Gasteiger partial charge in [-0.15, -0.1) is 0 Å². The van der Waals surface area contributed by atoms with Crippen LogP contribution in [0, 0.1) is 13.8 Å². The zero-order valence-corrected chi connectivity index (χ0v) is 16.5. The van der Waals surface area contributed by atoms with Crippen LogP contribution in [0.3, 0.4) is 0 Å². The number of anilines is 2. The van der Waals surface area contributed by atoms with Crippen LogP contribution < -0.4 is 10.6 Å². The first kappa shape index (κ1) is 17.6. The number of nitrogens with zero attached hydrogens (tertiary/aromatic N) is 2. The maximum Gasteiger partial charge on any atom is 0.175 e. The van der Waals surface area contributed by atoms with Crippen molar-refractivity contribution < 1.29 is 0 Å². The number of aromatic nitrogens is 2. The van der Waals surface area contributed by atoms with Gasteiger partial charge in [0.1, 0.15) is 0 Å². The second-order valence-electron chi connectivity index (χ2n) is 5.78. The Labute approximate surface area is 161 Å². The Hall–Kier alpha value is -2.18. The molecule has 0 fully saturated rings. The summed E-state index contributed by atoms with van der Waals surface area (Å²) in [6, 6.07) is 18.1. The third-order valence-electron chi connectivity index (χ3n) is 3.90. The van der Waals surface area contributed by atoms with E-state index in [9.17, 15) is 0 Å². The van der Waals surface area contributed by atoms with E-state index in [1.807, 2.05) is 61.0 Å². The molecule has 2 aromatic carbocycles. The fraction of sp³-hybridized carbons (Fsp3) is 0.158. The van der Waals surface area contributed by atoms with Crippen LogP contribution in [0.25, 0.3) is 0 Å². The van der Waals surface area contributed by atoms with Crippen LogP contribution in [0.5, 0.6) is 0 Å². The van der Waals surface area contributed by atoms with Gasteiger partial charge in [0.15, 0.2) is 5.11 Å². The lowest BCUT2D eigenvalue weighted by Gasteiger charge is -2.11. The summed E-state index contributed by atoms with van der Waals surface area (Å²) in [5.41, 5.74) is 5.08. The van der Waals surface area contributed by atoms with Gasteiger partial charge >= 0.3 is 0 Å². The van der Waals surface area contributed by atoms with Gasteiger partial charge in [-0.25, -0.2) is 0 Å². The first-order valence-corrected chi connectivity index (χ1v) is 9.14. The van der Waals surface area contributed by atoms with Crippen molar-refractivity contribution in [2.45, 2.75) is 20.4 Å². The van der Waals surface area contributed by atoms with E-state index in [0.717, 1.165) is 33.8 Å². The van der Waals surface area contributed by atoms with E-state index in [2.05, 4.69) is 43.8 Å². The minimum Gasteiger partial charge on any atom is -0.332 e. The molecule has 25 heavy (non-hydrogen) atoms. The quantitative estimate of drug-likeness (QED) is 0.581. The second-order valence-corrected chi connectivity index (χ2v) is 7.10. The fourth-order valence-electron chi connectivity index (χ4n) is 2.59. The summed E-state index contributed by atoms with van der Waals surface area (Å²) in [6.45, 7) is 4.76. The van der Waals surface area contributed by atoms with E-state index >= 15 is 0 Å². The fourth-order valence-corrected chi connectivity index (χ4v) is 3.08. The number of hydrogen-bond acceptors (Lipinski definition) is 2. The Morgan fingerprint density at radius 1 is 1.04 bits per heavy atom. The molecule has 0 saturated carbocycles. The molecule has 0 bridgehead atoms. The minimum atomic E-state index is 0.556. The number of benzene rings is 2. The lowest BCUT2D eigenvalue weighted by atomic mass is 10.2. The molecule has 1 aromatic heterocycles. The maximum atomic E-state index is 5.43. The van der Waals surface area contributed by atoms with Crippen molar-refractivity contribution in [2.24, 2.45) is 0 Å². The highest BCUT2D eigenvalue weighted by Crippen LogP contribution is 2.21. The molecule has 0 aliphatic carbocycles. The summed E-state index contributed by atoms with van der Waals surface area (Å²) in [7, 11) is 0. The number of halogens is 1. The number of hydrogen-bond donors (Lipinski definition) is 2. The third-order valence-corrected chi connectivity index (χ3v) is 4.63. The van der Waals surface area contributed by atoms with E-state index in [4.69, 9.17) is 12.2 Å². The largest absolute Gasteiger partial charge is 0.332 e. The van der Waals surface area contributed by atoms with Gasteiger partial charge in [-0.3, -0.25) is 4.68 Å². The van der Waals surface area contributed by atoms with Gasteiger partial charge in [0.25, 0.3) is 0 Å². The molecule has 0 atom stereocenters. The number of nitrogens with one attached hydrogen (secondary N) is 2. The van der Waals surface area contributed by atoms with E-state index in [0.29, 0.717) is 5.11 Å². The van der Waals surface area contributed by atoms with Crippen molar-refractivity contribution >= 4 is 44.6 Å². The molecule has 0 unspecified atom stereocenters. The van der Waals surface area contributed by atoms with Gasteiger partial charge in [0, 0.05) is 10.2 Å². The van der Waals surface area contributed by atoms with Crippen LogP contribution in [-0.2, 0) is 6.54 Å². The summed E-state index contributed by atoms with van der Waals surface area (Å²) < 4.78 is 3.07. The molecule has 2 N–H and O–H groups in total. The average molecular weight is 415 g/mol. The van der Waals surface area contributed by atoms with Crippen LogP contribution in [0.4, 0.5) is 11.4 Å². The zero-order valence-electron chi connectivity index (χ0n) is 14.1. The summed E-state index contributed by atoms with van der Waals surface area (Å²) in [5, 5.41) is 11.7. The first-order chi connectivity index (χ1) is 12.0. The summed E-state index contributed by atoms with van der Waals surface area (Å²) >= 11 is 8.89. The molecular weight excluding hydrogens is 396 g/mol. The number of rotatable bonds is 4. The Balaban J connectivity index is 1.73. The molecular formula is C19H19BrN4S. The monoisotopic (exact) mass is 414 g/mol. The first-order valence-electron chi connectivity index (χ1n) is 7.94. The molecule has 128 valence electrons. The molecule has 3 aromatic rings. The number of aryl methyl sites for hydroxylation is 1. The lowest BCUT2D eigenvalue weighted by molar-refractivity contribution is 0.659. The molecule has 0 aliphatic heterocycles. The molecule has 1 heterocycles. The second kappa shape index (κ2) is 7.80. The van der Waals surface area contributed by atoms with Crippen LogP contribution in [0.15, 0.2) is 59.1 Å². The molecule has 0 aliphatic rings. The molecule has 4 nitrogen and oxygen atoms in total. The smallest absolute Gasteiger partial charge is 0.175 e. The summed E-state index contributed by atoms with van der Waals surface area (Å²) in [5.74, 6) is 0. The van der Waals surface area contributed by atoms with Gasteiger partial charge in [0.05, 0.1) is 23.6 Å². The van der Waals surface area contributed by atoms with Gasteiger partial charge < -0.3 is 10.6 Å². The van der Waals surface area contributed by atoms with Crippen molar-refractivity contribution in [3.63, 3.8) is 0 Å². The Morgan fingerprint density at radius 3 is 2.40 bits per heavy atom. The van der Waals surface area contributed by atoms with Crippen LogP contribution >= 0.6 is 28.1 Å². The zero-order chi connectivity index (χ0) is 17.8. The summed E-state index contributed by atoms with van der Waals surface area (Å²) in [6.07, 6.45) is 0. The Bertz CT molecular complexity index is 872. The topological polar surface area (TPSA) is 41.9 Å². The Morgan fingerprint density at radius 2 is 1.72 bits per heavy atom. The van der Waals surface area contributed by atoms with E-state index < -0.39 is 0 Å². The Kier molecular flexibility index (Phi) is 5.50.